The zero-order valence-corrected chi connectivity index (χ0v) is 11.4. The number of nitrogens with two attached hydrogens (primary N) is 1. The summed E-state index contributed by atoms with van der Waals surface area (Å²) in [6.07, 6.45) is 1.64. The molecule has 2 aromatic rings. The number of thioether (sulfide) groups is 1. The van der Waals surface area contributed by atoms with Crippen LogP contribution in [0.3, 0.4) is 0 Å². The second-order valence-corrected chi connectivity index (χ2v) is 5.38. The fourth-order valence-corrected chi connectivity index (χ4v) is 2.40. The van der Waals surface area contributed by atoms with Crippen LogP contribution in [0.15, 0.2) is 53.6 Å². The van der Waals surface area contributed by atoms with Gasteiger partial charge in [0.05, 0.1) is 5.25 Å². The quantitative estimate of drug-likeness (QED) is 0.664. The van der Waals surface area contributed by atoms with Crippen LogP contribution in [0, 0.1) is 0 Å². The van der Waals surface area contributed by atoms with Crippen molar-refractivity contribution in [2.24, 2.45) is 0 Å². The molecule has 1 heterocycles. The summed E-state index contributed by atoms with van der Waals surface area (Å²) < 4.78 is 0. The van der Waals surface area contributed by atoms with Crippen molar-refractivity contribution in [3.63, 3.8) is 0 Å². The Labute approximate surface area is 116 Å². The molecule has 1 unspecified atom stereocenters. The third-order valence-electron chi connectivity index (χ3n) is 2.51. The molecule has 0 aliphatic rings. The van der Waals surface area contributed by atoms with E-state index in [1.54, 1.807) is 18.3 Å². The van der Waals surface area contributed by atoms with Crippen molar-refractivity contribution >= 4 is 29.2 Å². The Morgan fingerprint density at radius 3 is 2.68 bits per heavy atom. The Bertz CT molecular complexity index is 560. The number of nitrogens with zero attached hydrogens (tertiary/aromatic N) is 1. The van der Waals surface area contributed by atoms with Crippen LogP contribution in [-0.2, 0) is 4.79 Å². The number of carbonyl (C=O) groups excluding carboxylic acids is 1. The number of nitrogens with one attached hydrogen (secondary N) is 1. The molecule has 0 aliphatic carbocycles. The maximum Gasteiger partial charge on any atom is 0.238 e. The van der Waals surface area contributed by atoms with Crippen LogP contribution in [0.1, 0.15) is 6.92 Å². The topological polar surface area (TPSA) is 68.0 Å². The molecule has 1 amide bonds. The Morgan fingerprint density at radius 2 is 2.00 bits per heavy atom. The van der Waals surface area contributed by atoms with Crippen LogP contribution in [0.4, 0.5) is 11.5 Å². The zero-order valence-electron chi connectivity index (χ0n) is 10.5. The van der Waals surface area contributed by atoms with Gasteiger partial charge < -0.3 is 11.1 Å². The first-order valence-corrected chi connectivity index (χ1v) is 6.78. The summed E-state index contributed by atoms with van der Waals surface area (Å²) in [5, 5.41) is 2.53. The number of amides is 1. The number of para-hydroxylation sites is 1. The molecule has 2 rings (SSSR count). The maximum absolute atomic E-state index is 12.0. The van der Waals surface area contributed by atoms with E-state index < -0.39 is 0 Å². The van der Waals surface area contributed by atoms with Gasteiger partial charge in [-0.25, -0.2) is 4.98 Å². The third-order valence-corrected chi connectivity index (χ3v) is 3.70. The van der Waals surface area contributed by atoms with Crippen molar-refractivity contribution in [2.75, 3.05) is 11.1 Å². The highest BCUT2D eigenvalue weighted by atomic mass is 32.2. The number of pyridine rings is 1. The molecule has 98 valence electrons. The van der Waals surface area contributed by atoms with E-state index in [9.17, 15) is 4.79 Å². The predicted octanol–water partition coefficient (Wildman–Crippen LogP) is 2.78. The van der Waals surface area contributed by atoms with Crippen LogP contribution in [-0.4, -0.2) is 16.1 Å². The van der Waals surface area contributed by atoms with Crippen LogP contribution >= 0.6 is 11.8 Å². The van der Waals surface area contributed by atoms with Gasteiger partial charge in [0, 0.05) is 16.8 Å². The number of hydrogen-bond donors (Lipinski definition) is 2. The largest absolute Gasteiger partial charge is 0.398 e. The van der Waals surface area contributed by atoms with Crippen LogP contribution in [0.2, 0.25) is 0 Å². The van der Waals surface area contributed by atoms with Gasteiger partial charge in [0.2, 0.25) is 5.91 Å². The lowest BCUT2D eigenvalue weighted by atomic mass is 10.3. The molecule has 4 nitrogen and oxygen atoms in total. The van der Waals surface area contributed by atoms with Gasteiger partial charge in [0.1, 0.15) is 5.82 Å². The average molecular weight is 273 g/mol. The highest BCUT2D eigenvalue weighted by Gasteiger charge is 2.15. The van der Waals surface area contributed by atoms with Gasteiger partial charge in [-0.2, -0.15) is 0 Å². The minimum atomic E-state index is -0.244. The molecule has 3 N–H and O–H groups in total. The first kappa shape index (κ1) is 13.4. The van der Waals surface area contributed by atoms with E-state index in [0.29, 0.717) is 11.5 Å². The minimum Gasteiger partial charge on any atom is -0.398 e. The van der Waals surface area contributed by atoms with Crippen LogP contribution < -0.4 is 11.1 Å². The summed E-state index contributed by atoms with van der Waals surface area (Å²) in [6, 6.07) is 12.9. The van der Waals surface area contributed by atoms with Gasteiger partial charge in [0.25, 0.3) is 0 Å². The van der Waals surface area contributed by atoms with Crippen molar-refractivity contribution in [3.8, 4) is 0 Å². The third kappa shape index (κ3) is 3.72. The van der Waals surface area contributed by atoms with E-state index in [4.69, 9.17) is 5.73 Å². The number of aromatic nitrogens is 1. The Hall–Kier alpha value is -2.01. The lowest BCUT2D eigenvalue weighted by molar-refractivity contribution is -0.115. The summed E-state index contributed by atoms with van der Waals surface area (Å²) in [5.74, 6) is 0.466. The van der Waals surface area contributed by atoms with E-state index in [-0.39, 0.29) is 11.2 Å². The lowest BCUT2D eigenvalue weighted by Crippen LogP contribution is -2.22. The minimum absolute atomic E-state index is 0.0908. The molecule has 0 saturated carbocycles. The van der Waals surface area contributed by atoms with Gasteiger partial charge in [-0.15, -0.1) is 11.8 Å². The smallest absolute Gasteiger partial charge is 0.238 e. The summed E-state index contributed by atoms with van der Waals surface area (Å²) in [7, 11) is 0. The maximum atomic E-state index is 12.0. The first-order valence-electron chi connectivity index (χ1n) is 5.90. The van der Waals surface area contributed by atoms with Gasteiger partial charge >= 0.3 is 0 Å². The first-order chi connectivity index (χ1) is 9.16. The summed E-state index contributed by atoms with van der Waals surface area (Å²) in [6.45, 7) is 1.84. The summed E-state index contributed by atoms with van der Waals surface area (Å²) in [5.41, 5.74) is 6.54. The molecule has 1 aromatic carbocycles. The van der Waals surface area contributed by atoms with Crippen LogP contribution in [0.25, 0.3) is 0 Å². The molecular weight excluding hydrogens is 258 g/mol. The van der Waals surface area contributed by atoms with E-state index in [1.165, 1.54) is 11.8 Å². The number of carbonyl (C=O) groups is 1. The normalized spacial score (nSPS) is 11.8. The fourth-order valence-electron chi connectivity index (χ4n) is 1.50. The van der Waals surface area contributed by atoms with Crippen molar-refractivity contribution in [1.29, 1.82) is 0 Å². The Balaban J connectivity index is 1.98. The van der Waals surface area contributed by atoms with E-state index in [2.05, 4.69) is 10.3 Å². The monoisotopic (exact) mass is 273 g/mol. The van der Waals surface area contributed by atoms with Gasteiger partial charge in [-0.1, -0.05) is 18.2 Å². The molecule has 0 bridgehead atoms. The molecule has 0 saturated heterocycles. The van der Waals surface area contributed by atoms with E-state index in [0.717, 1.165) is 4.90 Å². The van der Waals surface area contributed by atoms with Crippen molar-refractivity contribution in [1.82, 2.24) is 4.98 Å². The lowest BCUT2D eigenvalue weighted by Gasteiger charge is -2.12. The Kier molecular flexibility index (Phi) is 4.41. The van der Waals surface area contributed by atoms with Gasteiger partial charge in [0.15, 0.2) is 0 Å². The van der Waals surface area contributed by atoms with Crippen LogP contribution in [0.5, 0.6) is 0 Å². The number of nitrogen functional groups attached to an aromatic ring is 1. The fraction of sp³-hybridized carbons (Fsp3) is 0.143. The zero-order chi connectivity index (χ0) is 13.7. The molecular formula is C14H15N3OS. The van der Waals surface area contributed by atoms with Gasteiger partial charge in [-0.05, 0) is 31.2 Å². The summed E-state index contributed by atoms with van der Waals surface area (Å²) >= 11 is 1.43. The second-order valence-electron chi connectivity index (χ2n) is 4.00. The second kappa shape index (κ2) is 6.24. The Morgan fingerprint density at radius 1 is 1.26 bits per heavy atom. The number of benzene rings is 1. The molecule has 19 heavy (non-hydrogen) atoms. The standard InChI is InChI=1S/C14H15N3OS/c1-10(19-12-7-3-2-6-11(12)15)14(18)17-13-8-4-5-9-16-13/h2-10H,15H2,1H3,(H,16,17,18). The molecule has 0 fully saturated rings. The summed E-state index contributed by atoms with van der Waals surface area (Å²) in [4.78, 5) is 17.0. The number of rotatable bonds is 4. The molecule has 0 aliphatic heterocycles. The molecule has 0 spiro atoms. The van der Waals surface area contributed by atoms with Crippen molar-refractivity contribution in [2.45, 2.75) is 17.1 Å². The van der Waals surface area contributed by atoms with E-state index in [1.807, 2.05) is 37.3 Å². The number of anilines is 2. The number of hydrogen-bond acceptors (Lipinski definition) is 4. The molecule has 1 atom stereocenters. The predicted molar refractivity (Wildman–Crippen MR) is 79.0 cm³/mol. The van der Waals surface area contributed by atoms with Crippen molar-refractivity contribution in [3.05, 3.63) is 48.7 Å². The molecule has 5 heteroatoms. The molecule has 1 aromatic heterocycles. The van der Waals surface area contributed by atoms with Gasteiger partial charge in [-0.3, -0.25) is 4.79 Å². The highest BCUT2D eigenvalue weighted by Crippen LogP contribution is 2.28. The molecule has 0 radical (unpaired) electrons. The van der Waals surface area contributed by atoms with Crippen molar-refractivity contribution < 1.29 is 4.79 Å². The van der Waals surface area contributed by atoms with E-state index >= 15 is 0 Å². The SMILES string of the molecule is CC(Sc1ccccc1N)C(=O)Nc1ccccn1. The highest BCUT2D eigenvalue weighted by molar-refractivity contribution is 8.00. The average Bonchev–Trinajstić information content (AvgIpc) is 2.42.